The number of aryl methyl sites for hydroxylation is 2. The molecule has 0 aromatic carbocycles. The molecule has 162 valence electrons. The van der Waals surface area contributed by atoms with E-state index in [0.29, 0.717) is 19.4 Å². The molecule has 8 heteroatoms. The summed E-state index contributed by atoms with van der Waals surface area (Å²) in [6.45, 7) is 5.92. The van der Waals surface area contributed by atoms with E-state index in [2.05, 4.69) is 0 Å². The average Bonchev–Trinajstić information content (AvgIpc) is 3.40. The minimum atomic E-state index is -0.477. The summed E-state index contributed by atoms with van der Waals surface area (Å²) < 4.78 is 1.84. The van der Waals surface area contributed by atoms with Gasteiger partial charge in [-0.2, -0.15) is 5.10 Å². The molecule has 30 heavy (non-hydrogen) atoms. The van der Waals surface area contributed by atoms with Crippen molar-refractivity contribution < 1.29 is 14.7 Å². The molecule has 2 saturated heterocycles. The van der Waals surface area contributed by atoms with Gasteiger partial charge in [0.25, 0.3) is 0 Å². The van der Waals surface area contributed by atoms with Crippen LogP contribution in [0.3, 0.4) is 0 Å². The van der Waals surface area contributed by atoms with Crippen LogP contribution in [0.15, 0.2) is 6.07 Å². The van der Waals surface area contributed by atoms with Gasteiger partial charge in [0.1, 0.15) is 6.61 Å². The summed E-state index contributed by atoms with van der Waals surface area (Å²) >= 11 is 0. The Kier molecular flexibility index (Phi) is 6.04. The molecule has 8 nitrogen and oxygen atoms in total. The van der Waals surface area contributed by atoms with Gasteiger partial charge in [0.05, 0.1) is 11.7 Å². The summed E-state index contributed by atoms with van der Waals surface area (Å²) in [5.41, 5.74) is 4.55. The normalized spacial score (nSPS) is 19.6. The topological polar surface area (TPSA) is 91.0 Å². The van der Waals surface area contributed by atoms with Crippen LogP contribution in [-0.2, 0) is 16.0 Å². The number of aliphatic hydroxyl groups is 1. The molecule has 1 N–H and O–H groups in total. The summed E-state index contributed by atoms with van der Waals surface area (Å²) in [4.78, 5) is 33.1. The van der Waals surface area contributed by atoms with Gasteiger partial charge in [-0.05, 0) is 57.9 Å². The van der Waals surface area contributed by atoms with E-state index in [9.17, 15) is 14.7 Å². The first kappa shape index (κ1) is 20.8. The standard InChI is InChI=1S/C22H31N5O3/c1-15-17(8-9-21(29)25-10-4-3-5-11-25)16(2)27-20(23-15)13-18(24-27)19-7-6-12-26(19)22(30)14-28/h13,19,28H,3-12,14H2,1-2H3. The number of amides is 2. The Morgan fingerprint density at radius 2 is 1.87 bits per heavy atom. The monoisotopic (exact) mass is 413 g/mol. The van der Waals surface area contributed by atoms with Gasteiger partial charge in [-0.3, -0.25) is 9.59 Å². The molecule has 2 amide bonds. The van der Waals surface area contributed by atoms with E-state index in [1.54, 1.807) is 4.90 Å². The van der Waals surface area contributed by atoms with E-state index in [1.807, 2.05) is 29.3 Å². The van der Waals surface area contributed by atoms with E-state index >= 15 is 0 Å². The third kappa shape index (κ3) is 3.93. The number of carbonyl (C=O) groups excluding carboxylic acids is 2. The second-order valence-electron chi connectivity index (χ2n) is 8.45. The van der Waals surface area contributed by atoms with Gasteiger partial charge in [-0.1, -0.05) is 0 Å². The fraction of sp³-hybridized carbons (Fsp3) is 0.636. The molecule has 1 atom stereocenters. The molecule has 2 aliphatic rings. The molecule has 1 unspecified atom stereocenters. The minimum absolute atomic E-state index is 0.116. The summed E-state index contributed by atoms with van der Waals surface area (Å²) in [7, 11) is 0. The molecule has 0 aliphatic carbocycles. The number of nitrogens with zero attached hydrogens (tertiary/aromatic N) is 5. The van der Waals surface area contributed by atoms with E-state index in [0.717, 1.165) is 67.1 Å². The maximum Gasteiger partial charge on any atom is 0.248 e. The van der Waals surface area contributed by atoms with E-state index in [1.165, 1.54) is 6.42 Å². The fourth-order valence-corrected chi connectivity index (χ4v) is 4.87. The summed E-state index contributed by atoms with van der Waals surface area (Å²) in [6.07, 6.45) is 6.31. The molecule has 2 aliphatic heterocycles. The molecule has 0 radical (unpaired) electrons. The zero-order chi connectivity index (χ0) is 21.3. The second kappa shape index (κ2) is 8.71. The number of hydrogen-bond donors (Lipinski definition) is 1. The number of hydrogen-bond acceptors (Lipinski definition) is 5. The lowest BCUT2D eigenvalue weighted by molar-refractivity contribution is -0.135. The molecule has 2 aromatic heterocycles. The van der Waals surface area contributed by atoms with Crippen molar-refractivity contribution in [1.82, 2.24) is 24.4 Å². The van der Waals surface area contributed by atoms with Gasteiger partial charge in [0.2, 0.25) is 11.8 Å². The largest absolute Gasteiger partial charge is 0.387 e. The maximum absolute atomic E-state index is 12.6. The molecule has 0 spiro atoms. The highest BCUT2D eigenvalue weighted by molar-refractivity contribution is 5.78. The number of aliphatic hydroxyl groups excluding tert-OH is 1. The lowest BCUT2D eigenvalue weighted by Crippen LogP contribution is -2.35. The third-order valence-corrected chi connectivity index (χ3v) is 6.53. The van der Waals surface area contributed by atoms with Gasteiger partial charge in [-0.15, -0.1) is 0 Å². The quantitative estimate of drug-likeness (QED) is 0.809. The number of fused-ring (bicyclic) bond motifs is 1. The number of aromatic nitrogens is 3. The van der Waals surface area contributed by atoms with Crippen molar-refractivity contribution in [2.24, 2.45) is 0 Å². The van der Waals surface area contributed by atoms with Crippen LogP contribution in [0.25, 0.3) is 5.65 Å². The SMILES string of the molecule is Cc1nc2cc(C3CCCN3C(=O)CO)nn2c(C)c1CCC(=O)N1CCCCC1. The third-order valence-electron chi connectivity index (χ3n) is 6.53. The summed E-state index contributed by atoms with van der Waals surface area (Å²) in [5.74, 6) is -0.0359. The summed E-state index contributed by atoms with van der Waals surface area (Å²) in [5, 5.41) is 14.0. The number of likely N-dealkylation sites (tertiary alicyclic amines) is 2. The highest BCUT2D eigenvalue weighted by atomic mass is 16.3. The van der Waals surface area contributed by atoms with Crippen LogP contribution in [0, 0.1) is 13.8 Å². The maximum atomic E-state index is 12.6. The van der Waals surface area contributed by atoms with Crippen LogP contribution in [0.5, 0.6) is 0 Å². The van der Waals surface area contributed by atoms with Crippen molar-refractivity contribution in [3.8, 4) is 0 Å². The first-order chi connectivity index (χ1) is 14.5. The van der Waals surface area contributed by atoms with Crippen molar-refractivity contribution in [2.45, 2.75) is 64.8 Å². The van der Waals surface area contributed by atoms with Crippen molar-refractivity contribution in [3.05, 3.63) is 28.7 Å². The van der Waals surface area contributed by atoms with Crippen LogP contribution in [0.2, 0.25) is 0 Å². The molecule has 4 rings (SSSR count). The first-order valence-corrected chi connectivity index (χ1v) is 11.0. The molecule has 0 bridgehead atoms. The van der Waals surface area contributed by atoms with Crippen LogP contribution in [0.4, 0.5) is 0 Å². The van der Waals surface area contributed by atoms with E-state index in [-0.39, 0.29) is 17.9 Å². The molecule has 2 aromatic rings. The highest BCUT2D eigenvalue weighted by Gasteiger charge is 2.31. The van der Waals surface area contributed by atoms with Crippen molar-refractivity contribution in [3.63, 3.8) is 0 Å². The van der Waals surface area contributed by atoms with Crippen LogP contribution in [-0.4, -0.2) is 67.6 Å². The molecule has 2 fully saturated rings. The van der Waals surface area contributed by atoms with Crippen LogP contribution >= 0.6 is 0 Å². The summed E-state index contributed by atoms with van der Waals surface area (Å²) in [6, 6.07) is 1.83. The Hall–Kier alpha value is -2.48. The Morgan fingerprint density at radius 1 is 1.10 bits per heavy atom. The Morgan fingerprint density at radius 3 is 2.60 bits per heavy atom. The van der Waals surface area contributed by atoms with Gasteiger partial charge in [0, 0.05) is 43.5 Å². The van der Waals surface area contributed by atoms with Crippen molar-refractivity contribution in [2.75, 3.05) is 26.2 Å². The fourth-order valence-electron chi connectivity index (χ4n) is 4.87. The highest BCUT2D eigenvalue weighted by Crippen LogP contribution is 2.32. The predicted octanol–water partition coefficient (Wildman–Crippen LogP) is 1.95. The van der Waals surface area contributed by atoms with E-state index < -0.39 is 6.61 Å². The lowest BCUT2D eigenvalue weighted by atomic mass is 10.0. The smallest absolute Gasteiger partial charge is 0.248 e. The number of piperidine rings is 1. The Labute approximate surface area is 176 Å². The number of carbonyl (C=O) groups is 2. The molecular weight excluding hydrogens is 382 g/mol. The van der Waals surface area contributed by atoms with Crippen molar-refractivity contribution in [1.29, 1.82) is 0 Å². The molecule has 0 saturated carbocycles. The average molecular weight is 414 g/mol. The first-order valence-electron chi connectivity index (χ1n) is 11.0. The van der Waals surface area contributed by atoms with Gasteiger partial charge >= 0.3 is 0 Å². The molecular formula is C22H31N5O3. The lowest BCUT2D eigenvalue weighted by Gasteiger charge is -2.26. The zero-order valence-electron chi connectivity index (χ0n) is 17.9. The van der Waals surface area contributed by atoms with E-state index in [4.69, 9.17) is 10.1 Å². The van der Waals surface area contributed by atoms with Gasteiger partial charge in [-0.25, -0.2) is 9.50 Å². The Balaban J connectivity index is 1.55. The van der Waals surface area contributed by atoms with Crippen LogP contribution < -0.4 is 0 Å². The second-order valence-corrected chi connectivity index (χ2v) is 8.45. The van der Waals surface area contributed by atoms with Gasteiger partial charge < -0.3 is 14.9 Å². The zero-order valence-corrected chi connectivity index (χ0v) is 17.9. The van der Waals surface area contributed by atoms with Crippen molar-refractivity contribution >= 4 is 17.5 Å². The molecule has 4 heterocycles. The Bertz CT molecular complexity index is 948. The predicted molar refractivity (Wildman–Crippen MR) is 112 cm³/mol. The number of rotatable bonds is 5. The van der Waals surface area contributed by atoms with Gasteiger partial charge in [0.15, 0.2) is 5.65 Å². The van der Waals surface area contributed by atoms with Crippen LogP contribution in [0.1, 0.15) is 67.2 Å². The minimum Gasteiger partial charge on any atom is -0.387 e.